The Kier molecular flexibility index (Phi) is 4.03. The van der Waals surface area contributed by atoms with Crippen LogP contribution in [-0.2, 0) is 6.54 Å². The third-order valence-corrected chi connectivity index (χ3v) is 4.29. The van der Waals surface area contributed by atoms with Crippen LogP contribution in [-0.4, -0.2) is 11.4 Å². The first-order valence-corrected chi connectivity index (χ1v) is 7.56. The molecule has 0 saturated carbocycles. The van der Waals surface area contributed by atoms with Crippen molar-refractivity contribution in [3.05, 3.63) is 70.8 Å². The monoisotopic (exact) mass is 276 g/mol. The number of nitriles is 1. The van der Waals surface area contributed by atoms with Gasteiger partial charge in [0, 0.05) is 12.6 Å². The lowest BCUT2D eigenvalue weighted by Crippen LogP contribution is -2.22. The van der Waals surface area contributed by atoms with Gasteiger partial charge in [-0.15, -0.1) is 0 Å². The zero-order chi connectivity index (χ0) is 14.7. The molecule has 106 valence electrons. The molecule has 0 aromatic heterocycles. The highest BCUT2D eigenvalue weighted by Crippen LogP contribution is 2.33. The van der Waals surface area contributed by atoms with Gasteiger partial charge in [-0.1, -0.05) is 42.0 Å². The van der Waals surface area contributed by atoms with Crippen LogP contribution in [0.4, 0.5) is 0 Å². The van der Waals surface area contributed by atoms with Crippen molar-refractivity contribution < 1.29 is 0 Å². The average Bonchev–Trinajstić information content (AvgIpc) is 2.97. The third-order valence-electron chi connectivity index (χ3n) is 4.29. The Labute approximate surface area is 126 Å². The second kappa shape index (κ2) is 6.11. The molecule has 2 heteroatoms. The molecule has 0 N–H and O–H groups in total. The quantitative estimate of drug-likeness (QED) is 0.840. The number of benzene rings is 2. The van der Waals surface area contributed by atoms with Gasteiger partial charge in [-0.05, 0) is 49.6 Å². The smallest absolute Gasteiger partial charge is 0.0991 e. The minimum Gasteiger partial charge on any atom is -0.292 e. The number of aryl methyl sites for hydroxylation is 1. The maximum atomic E-state index is 8.87. The molecule has 1 saturated heterocycles. The Bertz CT molecular complexity index is 635. The van der Waals surface area contributed by atoms with Gasteiger partial charge in [0.2, 0.25) is 0 Å². The van der Waals surface area contributed by atoms with E-state index >= 15 is 0 Å². The molecule has 21 heavy (non-hydrogen) atoms. The fourth-order valence-electron chi connectivity index (χ4n) is 3.10. The highest BCUT2D eigenvalue weighted by Gasteiger charge is 2.25. The summed E-state index contributed by atoms with van der Waals surface area (Å²) in [5, 5.41) is 8.87. The maximum absolute atomic E-state index is 8.87. The van der Waals surface area contributed by atoms with E-state index in [0.29, 0.717) is 6.04 Å². The van der Waals surface area contributed by atoms with E-state index in [1.54, 1.807) is 0 Å². The standard InChI is InChI=1S/C19H20N2/c1-15-4-10-18(11-5-15)19-3-2-12-21(19)14-17-8-6-16(13-20)7-9-17/h4-11,19H,2-3,12,14H2,1H3/t19-/m0/s1. The summed E-state index contributed by atoms with van der Waals surface area (Å²) >= 11 is 0. The molecule has 1 aliphatic heterocycles. The van der Waals surface area contributed by atoms with Crippen LogP contribution in [0, 0.1) is 18.3 Å². The van der Waals surface area contributed by atoms with Crippen LogP contribution in [0.1, 0.15) is 41.1 Å². The molecular weight excluding hydrogens is 256 g/mol. The average molecular weight is 276 g/mol. The molecule has 1 atom stereocenters. The minimum atomic E-state index is 0.529. The maximum Gasteiger partial charge on any atom is 0.0991 e. The Balaban J connectivity index is 1.74. The van der Waals surface area contributed by atoms with E-state index in [9.17, 15) is 0 Å². The molecule has 2 aromatic rings. The van der Waals surface area contributed by atoms with Crippen LogP contribution in [0.2, 0.25) is 0 Å². The van der Waals surface area contributed by atoms with Crippen LogP contribution in [0.15, 0.2) is 48.5 Å². The molecule has 2 aromatic carbocycles. The van der Waals surface area contributed by atoms with Crippen molar-refractivity contribution in [3.63, 3.8) is 0 Å². The van der Waals surface area contributed by atoms with E-state index in [0.717, 1.165) is 18.7 Å². The molecule has 2 nitrogen and oxygen atoms in total. The number of hydrogen-bond acceptors (Lipinski definition) is 2. The number of likely N-dealkylation sites (tertiary alicyclic amines) is 1. The second-order valence-electron chi connectivity index (χ2n) is 5.85. The highest BCUT2D eigenvalue weighted by molar-refractivity contribution is 5.32. The van der Waals surface area contributed by atoms with E-state index in [-0.39, 0.29) is 0 Å². The van der Waals surface area contributed by atoms with E-state index in [1.807, 2.05) is 12.1 Å². The zero-order valence-corrected chi connectivity index (χ0v) is 12.4. The Morgan fingerprint density at radius 3 is 2.48 bits per heavy atom. The van der Waals surface area contributed by atoms with Crippen LogP contribution in [0.3, 0.4) is 0 Å². The lowest BCUT2D eigenvalue weighted by molar-refractivity contribution is 0.248. The van der Waals surface area contributed by atoms with Gasteiger partial charge in [0.15, 0.2) is 0 Å². The first kappa shape index (κ1) is 13.9. The highest BCUT2D eigenvalue weighted by atomic mass is 15.2. The third kappa shape index (κ3) is 3.15. The number of hydrogen-bond donors (Lipinski definition) is 0. The summed E-state index contributed by atoms with van der Waals surface area (Å²) < 4.78 is 0. The summed E-state index contributed by atoms with van der Waals surface area (Å²) in [5.74, 6) is 0. The Morgan fingerprint density at radius 2 is 1.81 bits per heavy atom. The summed E-state index contributed by atoms with van der Waals surface area (Å²) in [5.41, 5.74) is 4.76. The summed E-state index contributed by atoms with van der Waals surface area (Å²) in [6.45, 7) is 4.25. The number of nitrogens with zero attached hydrogens (tertiary/aromatic N) is 2. The largest absolute Gasteiger partial charge is 0.292 e. The Morgan fingerprint density at radius 1 is 1.10 bits per heavy atom. The predicted octanol–water partition coefficient (Wildman–Crippen LogP) is 4.20. The van der Waals surface area contributed by atoms with Gasteiger partial charge in [-0.3, -0.25) is 4.90 Å². The molecule has 1 fully saturated rings. The van der Waals surface area contributed by atoms with Gasteiger partial charge in [0.25, 0.3) is 0 Å². The van der Waals surface area contributed by atoms with Crippen molar-refractivity contribution in [2.45, 2.75) is 32.4 Å². The number of rotatable bonds is 3. The molecule has 1 heterocycles. The van der Waals surface area contributed by atoms with Crippen LogP contribution >= 0.6 is 0 Å². The van der Waals surface area contributed by atoms with Gasteiger partial charge in [-0.25, -0.2) is 0 Å². The summed E-state index contributed by atoms with van der Waals surface area (Å²) in [4.78, 5) is 2.55. The van der Waals surface area contributed by atoms with Gasteiger partial charge in [0.1, 0.15) is 0 Å². The zero-order valence-electron chi connectivity index (χ0n) is 12.4. The van der Waals surface area contributed by atoms with E-state index in [4.69, 9.17) is 5.26 Å². The van der Waals surface area contributed by atoms with Crippen LogP contribution in [0.5, 0.6) is 0 Å². The van der Waals surface area contributed by atoms with Crippen LogP contribution in [0.25, 0.3) is 0 Å². The van der Waals surface area contributed by atoms with Crippen molar-refractivity contribution in [3.8, 4) is 6.07 Å². The molecule has 0 bridgehead atoms. The fourth-order valence-corrected chi connectivity index (χ4v) is 3.10. The molecule has 1 aliphatic rings. The lowest BCUT2D eigenvalue weighted by atomic mass is 10.0. The normalized spacial score (nSPS) is 18.6. The second-order valence-corrected chi connectivity index (χ2v) is 5.85. The van der Waals surface area contributed by atoms with Gasteiger partial charge < -0.3 is 0 Å². The molecule has 3 rings (SSSR count). The first-order chi connectivity index (χ1) is 10.3. The van der Waals surface area contributed by atoms with Gasteiger partial charge >= 0.3 is 0 Å². The molecule has 0 spiro atoms. The van der Waals surface area contributed by atoms with Gasteiger partial charge in [0.05, 0.1) is 11.6 Å². The van der Waals surface area contributed by atoms with Crippen molar-refractivity contribution in [1.29, 1.82) is 5.26 Å². The molecular formula is C19H20N2. The van der Waals surface area contributed by atoms with Crippen molar-refractivity contribution in [2.75, 3.05) is 6.54 Å². The predicted molar refractivity (Wildman–Crippen MR) is 84.7 cm³/mol. The van der Waals surface area contributed by atoms with E-state index < -0.39 is 0 Å². The summed E-state index contributed by atoms with van der Waals surface area (Å²) in [6, 6.07) is 19.6. The molecule has 0 aliphatic carbocycles. The summed E-state index contributed by atoms with van der Waals surface area (Å²) in [7, 11) is 0. The SMILES string of the molecule is Cc1ccc([C@@H]2CCCN2Cc2ccc(C#N)cc2)cc1. The minimum absolute atomic E-state index is 0.529. The van der Waals surface area contributed by atoms with Crippen molar-refractivity contribution in [1.82, 2.24) is 4.90 Å². The van der Waals surface area contributed by atoms with Gasteiger partial charge in [-0.2, -0.15) is 5.26 Å². The molecule has 0 unspecified atom stereocenters. The lowest BCUT2D eigenvalue weighted by Gasteiger charge is -2.25. The first-order valence-electron chi connectivity index (χ1n) is 7.56. The topological polar surface area (TPSA) is 27.0 Å². The summed E-state index contributed by atoms with van der Waals surface area (Å²) in [6.07, 6.45) is 2.49. The Hall–Kier alpha value is -2.11. The molecule has 0 radical (unpaired) electrons. The fraction of sp³-hybridized carbons (Fsp3) is 0.316. The van der Waals surface area contributed by atoms with Crippen molar-refractivity contribution >= 4 is 0 Å². The molecule has 0 amide bonds. The van der Waals surface area contributed by atoms with E-state index in [2.05, 4.69) is 54.3 Å². The van der Waals surface area contributed by atoms with Crippen LogP contribution < -0.4 is 0 Å². The van der Waals surface area contributed by atoms with E-state index in [1.165, 1.54) is 29.5 Å². The van der Waals surface area contributed by atoms with Crippen molar-refractivity contribution in [2.24, 2.45) is 0 Å².